The number of carbonyl (C=O) groups excluding carboxylic acids is 1. The van der Waals surface area contributed by atoms with E-state index < -0.39 is 9.84 Å². The lowest BCUT2D eigenvalue weighted by Gasteiger charge is -2.44. The largest absolute Gasteiger partial charge is 0.487 e. The second-order valence-electron chi connectivity index (χ2n) is 13.8. The van der Waals surface area contributed by atoms with E-state index in [4.69, 9.17) is 9.47 Å². The Balaban J connectivity index is 1.01. The van der Waals surface area contributed by atoms with Crippen molar-refractivity contribution in [3.05, 3.63) is 125 Å². The molecule has 2 aliphatic heterocycles. The van der Waals surface area contributed by atoms with Crippen molar-refractivity contribution in [2.24, 2.45) is 0 Å². The first-order valence-corrected chi connectivity index (χ1v) is 18.0. The number of aryl methyl sites for hydroxylation is 1. The lowest BCUT2D eigenvalue weighted by Crippen LogP contribution is -2.51. The maximum Gasteiger partial charge on any atom is 0.410 e. The van der Waals surface area contributed by atoms with Crippen LogP contribution in [-0.2, 0) is 44.5 Å². The third-order valence-electron chi connectivity index (χ3n) is 9.26. The summed E-state index contributed by atoms with van der Waals surface area (Å²) in [5, 5.41) is 0. The molecule has 1 spiro atoms. The highest BCUT2D eigenvalue weighted by Gasteiger charge is 2.40. The van der Waals surface area contributed by atoms with Crippen LogP contribution in [0.1, 0.15) is 67.9 Å². The fourth-order valence-corrected chi connectivity index (χ4v) is 7.92. The SMILES string of the molecule is CC(C)(C)c1ccc(COC(=O)N2CCC3(CCc4cc(-c5ccc(CS(=O)(=O)Cc6ccccc6)cc5)ccc4O3)CC2)cc1. The molecule has 4 aromatic carbocycles. The van der Waals surface area contributed by atoms with E-state index in [0.717, 1.165) is 59.3 Å². The minimum Gasteiger partial charge on any atom is -0.487 e. The highest BCUT2D eigenvalue weighted by molar-refractivity contribution is 7.89. The van der Waals surface area contributed by atoms with Crippen LogP contribution in [0, 0.1) is 0 Å². The Morgan fingerprint density at radius 1 is 0.783 bits per heavy atom. The molecule has 4 aromatic rings. The zero-order valence-electron chi connectivity index (χ0n) is 27.0. The third-order valence-corrected chi connectivity index (χ3v) is 10.8. The average molecular weight is 638 g/mol. The summed E-state index contributed by atoms with van der Waals surface area (Å²) in [6, 6.07) is 31.7. The van der Waals surface area contributed by atoms with Gasteiger partial charge < -0.3 is 14.4 Å². The molecule has 46 heavy (non-hydrogen) atoms. The van der Waals surface area contributed by atoms with Crippen LogP contribution in [0.5, 0.6) is 5.75 Å². The monoisotopic (exact) mass is 637 g/mol. The molecule has 7 heteroatoms. The molecule has 0 atom stereocenters. The number of piperidine rings is 1. The maximum atomic E-state index is 12.8. The zero-order valence-corrected chi connectivity index (χ0v) is 27.8. The van der Waals surface area contributed by atoms with Crippen molar-refractivity contribution in [1.29, 1.82) is 0 Å². The fourth-order valence-electron chi connectivity index (χ4n) is 6.41. The van der Waals surface area contributed by atoms with Crippen LogP contribution in [0.3, 0.4) is 0 Å². The van der Waals surface area contributed by atoms with Gasteiger partial charge >= 0.3 is 6.09 Å². The summed E-state index contributed by atoms with van der Waals surface area (Å²) < 4.78 is 37.8. The molecule has 0 aromatic heterocycles. The lowest BCUT2D eigenvalue weighted by molar-refractivity contribution is -0.0150. The van der Waals surface area contributed by atoms with Crippen LogP contribution in [0.25, 0.3) is 11.1 Å². The van der Waals surface area contributed by atoms with Crippen LogP contribution < -0.4 is 4.74 Å². The smallest absolute Gasteiger partial charge is 0.410 e. The van der Waals surface area contributed by atoms with Gasteiger partial charge in [0.1, 0.15) is 18.0 Å². The summed E-state index contributed by atoms with van der Waals surface area (Å²) in [6.07, 6.45) is 3.10. The highest BCUT2D eigenvalue weighted by Crippen LogP contribution is 2.41. The summed E-state index contributed by atoms with van der Waals surface area (Å²) in [4.78, 5) is 14.6. The molecule has 0 radical (unpaired) electrons. The Kier molecular flexibility index (Phi) is 8.97. The molecule has 1 fully saturated rings. The quantitative estimate of drug-likeness (QED) is 0.204. The summed E-state index contributed by atoms with van der Waals surface area (Å²) in [6.45, 7) is 8.05. The molecule has 1 saturated heterocycles. The Hall–Kier alpha value is -4.10. The maximum absolute atomic E-state index is 12.8. The van der Waals surface area contributed by atoms with Crippen molar-refractivity contribution in [2.45, 2.75) is 75.6 Å². The number of fused-ring (bicyclic) bond motifs is 1. The number of benzene rings is 4. The first-order chi connectivity index (χ1) is 22.0. The van der Waals surface area contributed by atoms with Crippen LogP contribution in [0.15, 0.2) is 97.1 Å². The molecule has 1 amide bonds. The van der Waals surface area contributed by atoms with E-state index >= 15 is 0 Å². The van der Waals surface area contributed by atoms with Gasteiger partial charge in [-0.05, 0) is 69.3 Å². The number of hydrogen-bond donors (Lipinski definition) is 0. The highest BCUT2D eigenvalue weighted by atomic mass is 32.2. The second-order valence-corrected chi connectivity index (χ2v) is 15.9. The van der Waals surface area contributed by atoms with Crippen molar-refractivity contribution in [1.82, 2.24) is 4.90 Å². The van der Waals surface area contributed by atoms with Gasteiger partial charge in [-0.25, -0.2) is 13.2 Å². The summed E-state index contributed by atoms with van der Waals surface area (Å²) in [5.74, 6) is 0.966. The normalized spacial score (nSPS) is 16.0. The van der Waals surface area contributed by atoms with Crippen molar-refractivity contribution in [3.8, 4) is 16.9 Å². The number of likely N-dealkylation sites (tertiary alicyclic amines) is 1. The lowest BCUT2D eigenvalue weighted by atomic mass is 9.82. The molecular formula is C39H43NO5S. The van der Waals surface area contributed by atoms with Gasteiger partial charge in [0.15, 0.2) is 9.84 Å². The number of hydrogen-bond acceptors (Lipinski definition) is 5. The molecule has 6 nitrogen and oxygen atoms in total. The first kappa shape index (κ1) is 31.9. The number of amides is 1. The van der Waals surface area contributed by atoms with Crippen LogP contribution >= 0.6 is 0 Å². The number of ether oxygens (including phenoxy) is 2. The van der Waals surface area contributed by atoms with Crippen molar-refractivity contribution in [3.63, 3.8) is 0 Å². The van der Waals surface area contributed by atoms with Gasteiger partial charge in [-0.1, -0.05) is 106 Å². The van der Waals surface area contributed by atoms with E-state index in [9.17, 15) is 13.2 Å². The third kappa shape index (κ3) is 7.64. The molecular weight excluding hydrogens is 594 g/mol. The van der Waals surface area contributed by atoms with Gasteiger partial charge in [0.25, 0.3) is 0 Å². The molecule has 0 unspecified atom stereocenters. The van der Waals surface area contributed by atoms with E-state index in [2.05, 4.69) is 51.1 Å². The first-order valence-electron chi connectivity index (χ1n) is 16.1. The number of rotatable bonds is 7. The Labute approximate surface area is 273 Å². The Morgan fingerprint density at radius 3 is 2.04 bits per heavy atom. The van der Waals surface area contributed by atoms with Gasteiger partial charge in [-0.2, -0.15) is 0 Å². The second kappa shape index (κ2) is 13.0. The molecule has 0 N–H and O–H groups in total. The number of nitrogens with zero attached hydrogens (tertiary/aromatic N) is 1. The molecule has 240 valence electrons. The fraction of sp³-hybridized carbons (Fsp3) is 0.359. The van der Waals surface area contributed by atoms with Crippen molar-refractivity contribution >= 4 is 15.9 Å². The summed E-state index contributed by atoms with van der Waals surface area (Å²) in [5.41, 5.74) is 6.97. The molecule has 0 aliphatic carbocycles. The zero-order chi connectivity index (χ0) is 32.4. The van der Waals surface area contributed by atoms with Crippen molar-refractivity contribution < 1.29 is 22.7 Å². The van der Waals surface area contributed by atoms with Gasteiger partial charge in [0, 0.05) is 25.9 Å². The molecule has 2 aliphatic rings. The molecule has 0 saturated carbocycles. The van der Waals surface area contributed by atoms with E-state index in [1.54, 1.807) is 4.90 Å². The molecule has 2 heterocycles. The standard InChI is InChI=1S/C39H43NO5S/c1-38(2,3)35-16-11-29(12-17-35)26-44-37(41)40-23-21-39(22-24-40)20-19-34-25-33(15-18-36(34)45-39)32-13-9-31(10-14-32)28-46(42,43)27-30-7-5-4-6-8-30/h4-18,25H,19-24,26-28H2,1-3H3. The van der Waals surface area contributed by atoms with Crippen molar-refractivity contribution in [2.75, 3.05) is 13.1 Å². The number of carbonyl (C=O) groups is 1. The van der Waals surface area contributed by atoms with Crippen LogP contribution in [0.4, 0.5) is 4.79 Å². The van der Waals surface area contributed by atoms with E-state index in [-0.39, 0.29) is 35.2 Å². The van der Waals surface area contributed by atoms with E-state index in [0.29, 0.717) is 13.1 Å². The van der Waals surface area contributed by atoms with E-state index in [1.165, 1.54) is 11.1 Å². The summed E-state index contributed by atoms with van der Waals surface area (Å²) in [7, 11) is -3.26. The predicted molar refractivity (Wildman–Crippen MR) is 182 cm³/mol. The Bertz CT molecular complexity index is 1770. The predicted octanol–water partition coefficient (Wildman–Crippen LogP) is 8.26. The van der Waals surface area contributed by atoms with Crippen LogP contribution in [-0.4, -0.2) is 38.1 Å². The van der Waals surface area contributed by atoms with Gasteiger partial charge in [-0.15, -0.1) is 0 Å². The minimum absolute atomic E-state index is 0.0168. The number of sulfone groups is 1. The Morgan fingerprint density at radius 2 is 1.39 bits per heavy atom. The molecule has 6 rings (SSSR count). The topological polar surface area (TPSA) is 72.9 Å². The van der Waals surface area contributed by atoms with E-state index in [1.807, 2.05) is 66.7 Å². The summed E-state index contributed by atoms with van der Waals surface area (Å²) >= 11 is 0. The minimum atomic E-state index is -3.26. The average Bonchev–Trinajstić information content (AvgIpc) is 3.04. The van der Waals surface area contributed by atoms with Gasteiger partial charge in [-0.3, -0.25) is 0 Å². The van der Waals surface area contributed by atoms with Gasteiger partial charge in [0.2, 0.25) is 0 Å². The van der Waals surface area contributed by atoms with Gasteiger partial charge in [0.05, 0.1) is 11.5 Å². The molecule has 0 bridgehead atoms. The van der Waals surface area contributed by atoms with Crippen LogP contribution in [0.2, 0.25) is 0 Å².